The average Bonchev–Trinajstić information content (AvgIpc) is 2.63. The first kappa shape index (κ1) is 15.9. The summed E-state index contributed by atoms with van der Waals surface area (Å²) >= 11 is 0. The van der Waals surface area contributed by atoms with E-state index >= 15 is 0 Å². The van der Waals surface area contributed by atoms with Crippen molar-refractivity contribution in [2.45, 2.75) is 25.9 Å². The zero-order valence-electron chi connectivity index (χ0n) is 13.2. The van der Waals surface area contributed by atoms with E-state index in [2.05, 4.69) is 15.6 Å². The van der Waals surface area contributed by atoms with Gasteiger partial charge in [0.05, 0.1) is 5.39 Å². The third-order valence-corrected chi connectivity index (χ3v) is 3.74. The molecule has 0 unspecified atom stereocenters. The van der Waals surface area contributed by atoms with Crippen molar-refractivity contribution in [3.63, 3.8) is 0 Å². The summed E-state index contributed by atoms with van der Waals surface area (Å²) in [6.07, 6.45) is 0.876. The predicted molar refractivity (Wildman–Crippen MR) is 91.3 cm³/mol. The van der Waals surface area contributed by atoms with Gasteiger partial charge in [-0.05, 0) is 24.1 Å². The molecule has 0 aliphatic rings. The van der Waals surface area contributed by atoms with Crippen LogP contribution in [-0.2, 0) is 17.9 Å². The number of aryl methyl sites for hydroxylation is 1. The molecule has 0 fully saturated rings. The van der Waals surface area contributed by atoms with E-state index in [1.807, 2.05) is 36.4 Å². The van der Waals surface area contributed by atoms with Crippen LogP contribution in [0.2, 0.25) is 0 Å². The summed E-state index contributed by atoms with van der Waals surface area (Å²) in [4.78, 5) is 24.1. The molecule has 0 saturated carbocycles. The van der Waals surface area contributed by atoms with Gasteiger partial charge in [-0.25, -0.2) is 4.68 Å². The molecule has 0 saturated heterocycles. The molecule has 24 heavy (non-hydrogen) atoms. The van der Waals surface area contributed by atoms with Gasteiger partial charge in [0.2, 0.25) is 5.91 Å². The summed E-state index contributed by atoms with van der Waals surface area (Å²) < 4.78 is 1.31. The second-order valence-corrected chi connectivity index (χ2v) is 5.50. The molecule has 0 radical (unpaired) electrons. The number of hydrogen-bond acceptors (Lipinski definition) is 4. The Labute approximate surface area is 139 Å². The van der Waals surface area contributed by atoms with Gasteiger partial charge in [-0.2, -0.15) is 0 Å². The molecule has 1 amide bonds. The first-order valence-corrected chi connectivity index (χ1v) is 7.87. The molecule has 0 bridgehead atoms. The van der Waals surface area contributed by atoms with E-state index in [1.54, 1.807) is 18.2 Å². The Kier molecular flexibility index (Phi) is 4.96. The molecule has 1 N–H and O–H groups in total. The predicted octanol–water partition coefficient (Wildman–Crippen LogP) is 1.89. The lowest BCUT2D eigenvalue weighted by Gasteiger charge is -2.06. The molecule has 3 rings (SSSR count). The highest BCUT2D eigenvalue weighted by atomic mass is 16.1. The van der Waals surface area contributed by atoms with Gasteiger partial charge in [-0.15, -0.1) is 5.10 Å². The number of benzene rings is 2. The maximum Gasteiger partial charge on any atom is 0.277 e. The van der Waals surface area contributed by atoms with Crippen molar-refractivity contribution in [1.29, 1.82) is 0 Å². The van der Waals surface area contributed by atoms with Crippen LogP contribution in [0.5, 0.6) is 0 Å². The second-order valence-electron chi connectivity index (χ2n) is 5.50. The number of rotatable bonds is 6. The van der Waals surface area contributed by atoms with E-state index in [4.69, 9.17) is 0 Å². The second kappa shape index (κ2) is 7.50. The molecule has 0 atom stereocenters. The fourth-order valence-electron chi connectivity index (χ4n) is 2.44. The summed E-state index contributed by atoms with van der Waals surface area (Å²) in [5, 5.41) is 11.4. The number of carbonyl (C=O) groups excluding carboxylic acids is 1. The van der Waals surface area contributed by atoms with Crippen LogP contribution < -0.4 is 10.9 Å². The number of aromatic nitrogens is 3. The van der Waals surface area contributed by atoms with Gasteiger partial charge in [0.1, 0.15) is 5.52 Å². The minimum Gasteiger partial charge on any atom is -0.352 e. The zero-order chi connectivity index (χ0) is 16.8. The number of hydrogen-bond donors (Lipinski definition) is 1. The van der Waals surface area contributed by atoms with Gasteiger partial charge < -0.3 is 5.32 Å². The molecule has 3 aromatic rings. The van der Waals surface area contributed by atoms with Gasteiger partial charge >= 0.3 is 0 Å². The van der Waals surface area contributed by atoms with E-state index in [0.29, 0.717) is 36.8 Å². The summed E-state index contributed by atoms with van der Waals surface area (Å²) in [5.41, 5.74) is 1.46. The highest BCUT2D eigenvalue weighted by Crippen LogP contribution is 2.04. The quantitative estimate of drug-likeness (QED) is 0.752. The molecule has 0 aliphatic carbocycles. The molecular formula is C18H18N4O2. The maximum atomic E-state index is 12.3. The zero-order valence-corrected chi connectivity index (χ0v) is 13.2. The van der Waals surface area contributed by atoms with Crippen LogP contribution in [0.3, 0.4) is 0 Å². The van der Waals surface area contributed by atoms with Crippen LogP contribution in [0.1, 0.15) is 18.4 Å². The van der Waals surface area contributed by atoms with E-state index in [-0.39, 0.29) is 11.5 Å². The standard InChI is InChI=1S/C18H18N4O2/c23-17(19-13-14-7-2-1-3-8-14)11-6-12-22-18(24)15-9-4-5-10-16(15)20-21-22/h1-5,7-10H,6,11-13H2,(H,19,23). The van der Waals surface area contributed by atoms with E-state index in [9.17, 15) is 9.59 Å². The SMILES string of the molecule is O=C(CCCn1nnc2ccccc2c1=O)NCc1ccccc1. The average molecular weight is 322 g/mol. The Bertz CT molecular complexity index is 890. The minimum atomic E-state index is -0.176. The van der Waals surface area contributed by atoms with Crippen molar-refractivity contribution >= 4 is 16.8 Å². The number of amides is 1. The number of nitrogens with zero attached hydrogens (tertiary/aromatic N) is 3. The topological polar surface area (TPSA) is 76.9 Å². The smallest absolute Gasteiger partial charge is 0.277 e. The Morgan fingerprint density at radius 2 is 1.79 bits per heavy atom. The first-order chi connectivity index (χ1) is 11.7. The van der Waals surface area contributed by atoms with Gasteiger partial charge in [0, 0.05) is 19.5 Å². The van der Waals surface area contributed by atoms with E-state index < -0.39 is 0 Å². The number of nitrogens with one attached hydrogen (secondary N) is 1. The molecule has 2 aromatic carbocycles. The van der Waals surface area contributed by atoms with Crippen molar-refractivity contribution in [3.8, 4) is 0 Å². The lowest BCUT2D eigenvalue weighted by Crippen LogP contribution is -2.26. The fourth-order valence-corrected chi connectivity index (χ4v) is 2.44. The van der Waals surface area contributed by atoms with E-state index in [0.717, 1.165) is 5.56 Å². The van der Waals surface area contributed by atoms with E-state index in [1.165, 1.54) is 4.68 Å². The van der Waals surface area contributed by atoms with Crippen molar-refractivity contribution < 1.29 is 4.79 Å². The van der Waals surface area contributed by atoms with Crippen molar-refractivity contribution in [2.24, 2.45) is 0 Å². The Morgan fingerprint density at radius 1 is 1.04 bits per heavy atom. The lowest BCUT2D eigenvalue weighted by atomic mass is 10.2. The lowest BCUT2D eigenvalue weighted by molar-refractivity contribution is -0.121. The van der Waals surface area contributed by atoms with Gasteiger partial charge in [0.15, 0.2) is 0 Å². The molecule has 0 aliphatic heterocycles. The highest BCUT2D eigenvalue weighted by Gasteiger charge is 2.06. The van der Waals surface area contributed by atoms with Gasteiger partial charge in [-0.3, -0.25) is 9.59 Å². The van der Waals surface area contributed by atoms with Crippen LogP contribution in [0.4, 0.5) is 0 Å². The Balaban J connectivity index is 1.52. The molecule has 1 aromatic heterocycles. The maximum absolute atomic E-state index is 12.3. The summed E-state index contributed by atoms with van der Waals surface area (Å²) in [5.74, 6) is -0.0411. The first-order valence-electron chi connectivity index (χ1n) is 7.87. The minimum absolute atomic E-state index is 0.0411. The van der Waals surface area contributed by atoms with Crippen molar-refractivity contribution in [3.05, 3.63) is 70.5 Å². The normalized spacial score (nSPS) is 10.7. The van der Waals surface area contributed by atoms with Crippen molar-refractivity contribution in [2.75, 3.05) is 0 Å². The Hall–Kier alpha value is -3.02. The highest BCUT2D eigenvalue weighted by molar-refractivity contribution is 5.76. The van der Waals surface area contributed by atoms with Crippen LogP contribution in [0.25, 0.3) is 10.9 Å². The summed E-state index contributed by atoms with van der Waals surface area (Å²) in [6, 6.07) is 16.8. The number of carbonyl (C=O) groups is 1. The fraction of sp³-hybridized carbons (Fsp3) is 0.222. The summed E-state index contributed by atoms with van der Waals surface area (Å²) in [7, 11) is 0. The van der Waals surface area contributed by atoms with Crippen molar-refractivity contribution in [1.82, 2.24) is 20.3 Å². The van der Waals surface area contributed by atoms with Crippen LogP contribution in [-0.4, -0.2) is 20.9 Å². The number of fused-ring (bicyclic) bond motifs is 1. The van der Waals surface area contributed by atoms with Crippen LogP contribution in [0.15, 0.2) is 59.4 Å². The third kappa shape index (κ3) is 3.84. The molecule has 1 heterocycles. The molecular weight excluding hydrogens is 304 g/mol. The largest absolute Gasteiger partial charge is 0.352 e. The van der Waals surface area contributed by atoms with Crippen LogP contribution in [0, 0.1) is 0 Å². The molecule has 6 nitrogen and oxygen atoms in total. The van der Waals surface area contributed by atoms with Crippen LogP contribution >= 0.6 is 0 Å². The Morgan fingerprint density at radius 3 is 2.62 bits per heavy atom. The monoisotopic (exact) mass is 322 g/mol. The van der Waals surface area contributed by atoms with Gasteiger partial charge in [-0.1, -0.05) is 47.7 Å². The molecule has 0 spiro atoms. The molecule has 6 heteroatoms. The molecule has 122 valence electrons. The van der Waals surface area contributed by atoms with Gasteiger partial charge in [0.25, 0.3) is 5.56 Å². The summed E-state index contributed by atoms with van der Waals surface area (Å²) in [6.45, 7) is 0.880. The third-order valence-electron chi connectivity index (χ3n) is 3.74.